The maximum absolute atomic E-state index is 12.7. The molecule has 0 radical (unpaired) electrons. The van der Waals surface area contributed by atoms with E-state index in [2.05, 4.69) is 23.2 Å². The highest BCUT2D eigenvalue weighted by Crippen LogP contribution is 2.19. The number of hydrogen-bond donors (Lipinski definition) is 1. The first-order valence-electron chi connectivity index (χ1n) is 10.2. The van der Waals surface area contributed by atoms with Gasteiger partial charge in [0.25, 0.3) is 0 Å². The standard InChI is InChI=1S/C23H31N3O3/c1-16-5-7-25(8-6-16)13-20-12-21(27)22(29-4)14-26(20)15-23(28)24-19-10-17(2)9-18(3)11-19/h9-12,14,16H,5-8,13,15H2,1-4H3,(H,24,28). The highest BCUT2D eigenvalue weighted by atomic mass is 16.5. The summed E-state index contributed by atoms with van der Waals surface area (Å²) in [5.41, 5.74) is 3.67. The monoisotopic (exact) mass is 397 g/mol. The number of aryl methyl sites for hydroxylation is 2. The first-order chi connectivity index (χ1) is 13.8. The number of methoxy groups -OCH3 is 1. The van der Waals surface area contributed by atoms with Gasteiger partial charge in [0.05, 0.1) is 13.3 Å². The van der Waals surface area contributed by atoms with Gasteiger partial charge < -0.3 is 14.6 Å². The quantitative estimate of drug-likeness (QED) is 0.812. The first kappa shape index (κ1) is 21.1. The number of ether oxygens (including phenoxy) is 1. The summed E-state index contributed by atoms with van der Waals surface area (Å²) in [6.45, 7) is 9.09. The van der Waals surface area contributed by atoms with E-state index in [0.717, 1.165) is 54.4 Å². The molecule has 2 aromatic rings. The van der Waals surface area contributed by atoms with Crippen LogP contribution in [0.15, 0.2) is 35.3 Å². The molecule has 156 valence electrons. The predicted octanol–water partition coefficient (Wildman–Crippen LogP) is 3.34. The normalized spacial score (nSPS) is 15.3. The van der Waals surface area contributed by atoms with Gasteiger partial charge >= 0.3 is 0 Å². The van der Waals surface area contributed by atoms with Gasteiger partial charge in [0.15, 0.2) is 5.75 Å². The van der Waals surface area contributed by atoms with Crippen molar-refractivity contribution in [3.63, 3.8) is 0 Å². The van der Waals surface area contributed by atoms with Gasteiger partial charge in [-0.15, -0.1) is 0 Å². The summed E-state index contributed by atoms with van der Waals surface area (Å²) in [6, 6.07) is 7.57. The second-order valence-corrected chi connectivity index (χ2v) is 8.21. The average molecular weight is 398 g/mol. The number of likely N-dealkylation sites (tertiary alicyclic amines) is 1. The van der Waals surface area contributed by atoms with Crippen molar-refractivity contribution in [1.82, 2.24) is 9.47 Å². The highest BCUT2D eigenvalue weighted by Gasteiger charge is 2.18. The molecule has 1 aromatic carbocycles. The van der Waals surface area contributed by atoms with E-state index in [1.165, 1.54) is 7.11 Å². The number of nitrogens with zero attached hydrogens (tertiary/aromatic N) is 2. The molecule has 1 aliphatic rings. The molecule has 29 heavy (non-hydrogen) atoms. The van der Waals surface area contributed by atoms with Crippen LogP contribution in [0.1, 0.15) is 36.6 Å². The highest BCUT2D eigenvalue weighted by molar-refractivity contribution is 5.90. The van der Waals surface area contributed by atoms with E-state index in [1.54, 1.807) is 12.3 Å². The molecular weight excluding hydrogens is 366 g/mol. The Labute approximate surface area is 172 Å². The zero-order valence-corrected chi connectivity index (χ0v) is 17.8. The summed E-state index contributed by atoms with van der Waals surface area (Å²) < 4.78 is 7.03. The van der Waals surface area contributed by atoms with Crippen LogP contribution in [0.3, 0.4) is 0 Å². The third-order valence-electron chi connectivity index (χ3n) is 5.48. The van der Waals surface area contributed by atoms with Gasteiger partial charge in [-0.2, -0.15) is 0 Å². The maximum Gasteiger partial charge on any atom is 0.244 e. The molecule has 3 rings (SSSR count). The molecule has 0 bridgehead atoms. The van der Waals surface area contributed by atoms with Gasteiger partial charge in [-0.25, -0.2) is 0 Å². The maximum atomic E-state index is 12.7. The number of carbonyl (C=O) groups excluding carboxylic acids is 1. The Morgan fingerprint density at radius 1 is 1.14 bits per heavy atom. The second-order valence-electron chi connectivity index (χ2n) is 8.21. The average Bonchev–Trinajstić information content (AvgIpc) is 2.64. The van der Waals surface area contributed by atoms with Crippen LogP contribution in [-0.2, 0) is 17.9 Å². The minimum atomic E-state index is -0.154. The molecule has 1 fully saturated rings. The molecule has 0 spiro atoms. The van der Waals surface area contributed by atoms with Gasteiger partial charge in [-0.1, -0.05) is 13.0 Å². The predicted molar refractivity (Wildman–Crippen MR) is 115 cm³/mol. The summed E-state index contributed by atoms with van der Waals surface area (Å²) in [6.07, 6.45) is 3.96. The Bertz CT molecular complexity index is 907. The van der Waals surface area contributed by atoms with Crippen LogP contribution < -0.4 is 15.5 Å². The number of carbonyl (C=O) groups is 1. The number of pyridine rings is 1. The van der Waals surface area contributed by atoms with Crippen LogP contribution in [0.25, 0.3) is 0 Å². The molecule has 0 saturated carbocycles. The van der Waals surface area contributed by atoms with E-state index in [1.807, 2.05) is 30.5 Å². The number of piperidine rings is 1. The smallest absolute Gasteiger partial charge is 0.244 e. The topological polar surface area (TPSA) is 63.6 Å². The van der Waals surface area contributed by atoms with Crippen LogP contribution >= 0.6 is 0 Å². The van der Waals surface area contributed by atoms with Crippen molar-refractivity contribution in [3.8, 4) is 5.75 Å². The fraction of sp³-hybridized carbons (Fsp3) is 0.478. The lowest BCUT2D eigenvalue weighted by molar-refractivity contribution is -0.116. The van der Waals surface area contributed by atoms with Crippen LogP contribution in [0.5, 0.6) is 5.75 Å². The van der Waals surface area contributed by atoms with Gasteiger partial charge in [-0.05, 0) is 69.0 Å². The lowest BCUT2D eigenvalue weighted by Crippen LogP contribution is -2.34. The Morgan fingerprint density at radius 2 is 1.79 bits per heavy atom. The van der Waals surface area contributed by atoms with E-state index in [9.17, 15) is 9.59 Å². The van der Waals surface area contributed by atoms with Crippen molar-refractivity contribution in [2.45, 2.75) is 46.7 Å². The number of aromatic nitrogens is 1. The number of anilines is 1. The van der Waals surface area contributed by atoms with E-state index in [0.29, 0.717) is 6.54 Å². The second kappa shape index (κ2) is 9.27. The molecule has 1 aliphatic heterocycles. The number of amides is 1. The van der Waals surface area contributed by atoms with Crippen LogP contribution in [0.4, 0.5) is 5.69 Å². The van der Waals surface area contributed by atoms with E-state index in [4.69, 9.17) is 4.74 Å². The van der Waals surface area contributed by atoms with Crippen molar-refractivity contribution in [3.05, 3.63) is 57.5 Å². The number of benzene rings is 1. The van der Waals surface area contributed by atoms with Crippen molar-refractivity contribution in [2.75, 3.05) is 25.5 Å². The van der Waals surface area contributed by atoms with Crippen molar-refractivity contribution >= 4 is 11.6 Å². The van der Waals surface area contributed by atoms with Crippen LogP contribution in [0, 0.1) is 19.8 Å². The largest absolute Gasteiger partial charge is 0.491 e. The Morgan fingerprint density at radius 3 is 2.41 bits per heavy atom. The van der Waals surface area contributed by atoms with Crippen LogP contribution in [-0.4, -0.2) is 35.6 Å². The molecule has 1 N–H and O–H groups in total. The van der Waals surface area contributed by atoms with E-state index >= 15 is 0 Å². The van der Waals surface area contributed by atoms with Crippen molar-refractivity contribution < 1.29 is 9.53 Å². The van der Waals surface area contributed by atoms with Crippen molar-refractivity contribution in [1.29, 1.82) is 0 Å². The molecule has 1 aromatic heterocycles. The zero-order valence-electron chi connectivity index (χ0n) is 17.8. The number of nitrogens with one attached hydrogen (secondary N) is 1. The molecule has 6 heteroatoms. The summed E-state index contributed by atoms with van der Waals surface area (Å²) in [7, 11) is 1.47. The Hall–Kier alpha value is -2.60. The third kappa shape index (κ3) is 5.70. The minimum absolute atomic E-state index is 0.128. The zero-order chi connectivity index (χ0) is 21.0. The summed E-state index contributed by atoms with van der Waals surface area (Å²) in [4.78, 5) is 27.4. The summed E-state index contributed by atoms with van der Waals surface area (Å²) >= 11 is 0. The molecule has 1 amide bonds. The van der Waals surface area contributed by atoms with E-state index < -0.39 is 0 Å². The third-order valence-corrected chi connectivity index (χ3v) is 5.48. The fourth-order valence-electron chi connectivity index (χ4n) is 3.88. The first-order valence-corrected chi connectivity index (χ1v) is 10.2. The van der Waals surface area contributed by atoms with E-state index in [-0.39, 0.29) is 23.6 Å². The van der Waals surface area contributed by atoms with Gasteiger partial charge in [0, 0.05) is 24.0 Å². The Balaban J connectivity index is 1.78. The molecule has 6 nitrogen and oxygen atoms in total. The summed E-state index contributed by atoms with van der Waals surface area (Å²) in [5, 5.41) is 2.97. The SMILES string of the molecule is COc1cn(CC(=O)Nc2cc(C)cc(C)c2)c(CN2CCC(C)CC2)cc1=O. The lowest BCUT2D eigenvalue weighted by Gasteiger charge is -2.31. The molecule has 2 heterocycles. The molecule has 1 saturated heterocycles. The van der Waals surface area contributed by atoms with Gasteiger partial charge in [0.2, 0.25) is 11.3 Å². The number of rotatable bonds is 6. The number of hydrogen-bond acceptors (Lipinski definition) is 4. The summed E-state index contributed by atoms with van der Waals surface area (Å²) in [5.74, 6) is 0.863. The Kier molecular flexibility index (Phi) is 6.75. The fourth-order valence-corrected chi connectivity index (χ4v) is 3.88. The molecule has 0 atom stereocenters. The van der Waals surface area contributed by atoms with Crippen LogP contribution in [0.2, 0.25) is 0 Å². The molecular formula is C23H31N3O3. The van der Waals surface area contributed by atoms with Crippen molar-refractivity contribution in [2.24, 2.45) is 5.92 Å². The molecule has 0 unspecified atom stereocenters. The minimum Gasteiger partial charge on any atom is -0.491 e. The molecule has 0 aliphatic carbocycles. The van der Waals surface area contributed by atoms with Gasteiger partial charge in [0.1, 0.15) is 6.54 Å². The lowest BCUT2D eigenvalue weighted by atomic mass is 9.99. The van der Waals surface area contributed by atoms with Gasteiger partial charge in [-0.3, -0.25) is 14.5 Å².